The number of amides is 1. The third-order valence-corrected chi connectivity index (χ3v) is 4.92. The van der Waals surface area contributed by atoms with Crippen LogP contribution in [0, 0.1) is 11.6 Å². The van der Waals surface area contributed by atoms with E-state index in [0.717, 1.165) is 12.1 Å². The summed E-state index contributed by atoms with van der Waals surface area (Å²) in [6, 6.07) is 9.38. The number of ether oxygens (including phenoxy) is 2. The van der Waals surface area contributed by atoms with Crippen molar-refractivity contribution in [2.24, 2.45) is 0 Å². The molecule has 2 N–H and O–H groups in total. The molecule has 0 aliphatic carbocycles. The molecule has 0 radical (unpaired) electrons. The zero-order chi connectivity index (χ0) is 21.8. The predicted octanol–water partition coefficient (Wildman–Crippen LogP) is 4.26. The van der Waals surface area contributed by atoms with Crippen LogP contribution >= 0.6 is 12.1 Å². The largest absolute Gasteiger partial charge is 0.421 e. The summed E-state index contributed by atoms with van der Waals surface area (Å²) in [7, 11) is 1.70. The highest BCUT2D eigenvalue weighted by Gasteiger charge is 2.30. The molecule has 2 heterocycles. The molecular formula is C20H17F2N5O3S. The Labute approximate surface area is 180 Å². The first-order chi connectivity index (χ1) is 15.1. The van der Waals surface area contributed by atoms with Crippen LogP contribution in [0.25, 0.3) is 0 Å². The minimum Gasteiger partial charge on any atom is -0.421 e. The van der Waals surface area contributed by atoms with Crippen molar-refractivity contribution in [1.29, 1.82) is 0 Å². The molecule has 31 heavy (non-hydrogen) atoms. The Morgan fingerprint density at radius 1 is 1.16 bits per heavy atom. The van der Waals surface area contributed by atoms with E-state index >= 15 is 0 Å². The molecule has 3 aromatic rings. The minimum absolute atomic E-state index is 0.0366. The lowest BCUT2D eigenvalue weighted by atomic mass is 10.1. The van der Waals surface area contributed by atoms with Gasteiger partial charge in [-0.05, 0) is 31.3 Å². The fourth-order valence-corrected chi connectivity index (χ4v) is 3.33. The minimum atomic E-state index is -0.834. The Kier molecular flexibility index (Phi) is 6.14. The molecule has 0 saturated heterocycles. The van der Waals surface area contributed by atoms with Gasteiger partial charge in [-0.1, -0.05) is 12.1 Å². The standard InChI is InChI=1S/C20H17F2N5O3S/c1-23-31-26-14-5-2-4-12(16(14)21)10-27-11-13-6-7-15(17(22)18(13)30-20(27)28)29-19-24-8-3-9-25-19/h2-9,23,26H,10-11H2,1H3. The van der Waals surface area contributed by atoms with E-state index in [-0.39, 0.29) is 36.3 Å². The number of nitrogens with zero attached hydrogens (tertiary/aromatic N) is 3. The van der Waals surface area contributed by atoms with Crippen LogP contribution in [-0.2, 0) is 13.1 Å². The Morgan fingerprint density at radius 3 is 2.74 bits per heavy atom. The molecule has 0 spiro atoms. The maximum absolute atomic E-state index is 14.8. The molecule has 0 saturated carbocycles. The van der Waals surface area contributed by atoms with Crippen LogP contribution in [0.15, 0.2) is 48.8 Å². The molecule has 1 aliphatic heterocycles. The second-order valence-electron chi connectivity index (χ2n) is 6.41. The van der Waals surface area contributed by atoms with Crippen LogP contribution < -0.4 is 18.9 Å². The molecular weight excluding hydrogens is 428 g/mol. The molecule has 0 fully saturated rings. The summed E-state index contributed by atoms with van der Waals surface area (Å²) in [4.78, 5) is 21.5. The number of carbonyl (C=O) groups excluding carboxylic acids is 1. The number of rotatable bonds is 7. The van der Waals surface area contributed by atoms with Crippen molar-refractivity contribution >= 4 is 23.9 Å². The lowest BCUT2D eigenvalue weighted by Gasteiger charge is -2.28. The summed E-state index contributed by atoms with van der Waals surface area (Å²) in [5.41, 5.74) is 1.00. The summed E-state index contributed by atoms with van der Waals surface area (Å²) >= 11 is 1.12. The zero-order valence-electron chi connectivity index (χ0n) is 16.3. The van der Waals surface area contributed by atoms with Crippen molar-refractivity contribution in [2.75, 3.05) is 11.8 Å². The lowest BCUT2D eigenvalue weighted by Crippen LogP contribution is -2.37. The highest BCUT2D eigenvalue weighted by molar-refractivity contribution is 7.98. The molecule has 11 heteroatoms. The second kappa shape index (κ2) is 9.14. The number of benzene rings is 2. The van der Waals surface area contributed by atoms with Crippen LogP contribution in [0.5, 0.6) is 17.5 Å². The Hall–Kier alpha value is -3.44. The molecule has 0 unspecified atom stereocenters. The van der Waals surface area contributed by atoms with Crippen molar-refractivity contribution < 1.29 is 23.0 Å². The molecule has 160 valence electrons. The lowest BCUT2D eigenvalue weighted by molar-refractivity contribution is 0.131. The van der Waals surface area contributed by atoms with Crippen molar-refractivity contribution in [1.82, 2.24) is 19.6 Å². The number of halogens is 2. The third kappa shape index (κ3) is 4.52. The van der Waals surface area contributed by atoms with Crippen LogP contribution in [0.3, 0.4) is 0 Å². The van der Waals surface area contributed by atoms with E-state index in [0.29, 0.717) is 11.1 Å². The van der Waals surface area contributed by atoms with Gasteiger partial charge < -0.3 is 14.2 Å². The van der Waals surface area contributed by atoms with Gasteiger partial charge in [-0.25, -0.2) is 23.9 Å². The van der Waals surface area contributed by atoms with Gasteiger partial charge >= 0.3 is 12.1 Å². The number of aromatic nitrogens is 2. The summed E-state index contributed by atoms with van der Waals surface area (Å²) in [6.07, 6.45) is 2.12. The Morgan fingerprint density at radius 2 is 1.97 bits per heavy atom. The number of fused-ring (bicyclic) bond motifs is 1. The fourth-order valence-electron chi connectivity index (χ4n) is 2.96. The number of carbonyl (C=O) groups is 1. The maximum Gasteiger partial charge on any atom is 0.415 e. The van der Waals surface area contributed by atoms with E-state index in [1.807, 2.05) is 0 Å². The van der Waals surface area contributed by atoms with Crippen molar-refractivity contribution in [3.63, 3.8) is 0 Å². The van der Waals surface area contributed by atoms with E-state index in [4.69, 9.17) is 9.47 Å². The molecule has 2 aromatic carbocycles. The highest BCUT2D eigenvalue weighted by Crippen LogP contribution is 2.36. The van der Waals surface area contributed by atoms with E-state index < -0.39 is 17.7 Å². The molecule has 4 rings (SSSR count). The van der Waals surface area contributed by atoms with Crippen LogP contribution in [-0.4, -0.2) is 28.0 Å². The van der Waals surface area contributed by atoms with Gasteiger partial charge in [0.2, 0.25) is 5.82 Å². The quantitative estimate of drug-likeness (QED) is 0.522. The average Bonchev–Trinajstić information content (AvgIpc) is 2.78. The van der Waals surface area contributed by atoms with Gasteiger partial charge in [0, 0.05) is 35.7 Å². The van der Waals surface area contributed by atoms with Crippen molar-refractivity contribution in [3.8, 4) is 17.5 Å². The smallest absolute Gasteiger partial charge is 0.415 e. The van der Waals surface area contributed by atoms with Gasteiger partial charge in [0.25, 0.3) is 0 Å². The topological polar surface area (TPSA) is 88.6 Å². The van der Waals surface area contributed by atoms with Gasteiger partial charge in [0.15, 0.2) is 17.3 Å². The van der Waals surface area contributed by atoms with Gasteiger partial charge in [-0.3, -0.25) is 4.90 Å². The van der Waals surface area contributed by atoms with E-state index in [9.17, 15) is 13.6 Å². The number of nitrogens with one attached hydrogen (secondary N) is 2. The third-order valence-electron chi connectivity index (χ3n) is 4.40. The monoisotopic (exact) mass is 445 g/mol. The number of anilines is 1. The van der Waals surface area contributed by atoms with Crippen molar-refractivity contribution in [3.05, 3.63) is 71.6 Å². The Bertz CT molecular complexity index is 1100. The van der Waals surface area contributed by atoms with Gasteiger partial charge in [-0.2, -0.15) is 4.39 Å². The zero-order valence-corrected chi connectivity index (χ0v) is 17.1. The molecule has 1 aromatic heterocycles. The molecule has 0 atom stereocenters. The van der Waals surface area contributed by atoms with E-state index in [1.165, 1.54) is 23.4 Å². The summed E-state index contributed by atoms with van der Waals surface area (Å²) in [6.45, 7) is 0.0110. The van der Waals surface area contributed by atoms with E-state index in [2.05, 4.69) is 19.4 Å². The normalized spacial score (nSPS) is 12.9. The van der Waals surface area contributed by atoms with Gasteiger partial charge in [0.1, 0.15) is 0 Å². The fraction of sp³-hybridized carbons (Fsp3) is 0.150. The summed E-state index contributed by atoms with van der Waals surface area (Å²) in [5.74, 6) is -1.71. The second-order valence-corrected chi connectivity index (χ2v) is 7.23. The van der Waals surface area contributed by atoms with Gasteiger partial charge in [-0.15, -0.1) is 0 Å². The molecule has 8 nitrogen and oxygen atoms in total. The first-order valence-electron chi connectivity index (χ1n) is 9.15. The maximum atomic E-state index is 14.8. The number of hydrogen-bond donors (Lipinski definition) is 2. The summed E-state index contributed by atoms with van der Waals surface area (Å²) in [5, 5.41) is 0. The number of hydrogen-bond acceptors (Lipinski definition) is 8. The predicted molar refractivity (Wildman–Crippen MR) is 110 cm³/mol. The first kappa shape index (κ1) is 20.8. The molecule has 0 bridgehead atoms. The summed E-state index contributed by atoms with van der Waals surface area (Å²) < 4.78 is 45.7. The molecule has 1 amide bonds. The average molecular weight is 445 g/mol. The Balaban J connectivity index is 1.53. The SMILES string of the molecule is CNSNc1cccc(CN2Cc3ccc(Oc4ncccn4)c(F)c3OC2=O)c1F. The van der Waals surface area contributed by atoms with Crippen molar-refractivity contribution in [2.45, 2.75) is 13.1 Å². The van der Waals surface area contributed by atoms with E-state index in [1.54, 1.807) is 37.4 Å². The first-order valence-corrected chi connectivity index (χ1v) is 9.97. The van der Waals surface area contributed by atoms with Gasteiger partial charge in [0.05, 0.1) is 18.8 Å². The highest BCUT2D eigenvalue weighted by atomic mass is 32.2. The molecule has 1 aliphatic rings. The van der Waals surface area contributed by atoms with Crippen LogP contribution in [0.2, 0.25) is 0 Å². The van der Waals surface area contributed by atoms with Crippen LogP contribution in [0.4, 0.5) is 19.3 Å². The van der Waals surface area contributed by atoms with Crippen LogP contribution in [0.1, 0.15) is 11.1 Å².